The number of fused-ring (bicyclic) bond motifs is 1. The van der Waals surface area contributed by atoms with Crippen molar-refractivity contribution in [3.8, 4) is 0 Å². The van der Waals surface area contributed by atoms with Crippen molar-refractivity contribution in [2.24, 2.45) is 0 Å². The van der Waals surface area contributed by atoms with E-state index in [2.05, 4.69) is 15.2 Å². The Labute approximate surface area is 156 Å². The normalized spacial score (nSPS) is 37.3. The summed E-state index contributed by atoms with van der Waals surface area (Å²) in [5.74, 6) is 0. The Morgan fingerprint density at radius 3 is 2.54 bits per heavy atom. The molecule has 9 heteroatoms. The maximum Gasteiger partial charge on any atom is 0.320 e. The average molecular weight is 386 g/mol. The van der Waals surface area contributed by atoms with Crippen LogP contribution in [0.1, 0.15) is 45.4 Å². The number of nitrogens with one attached hydrogen (secondary N) is 2. The lowest BCUT2D eigenvalue weighted by Crippen LogP contribution is -2.51. The summed E-state index contributed by atoms with van der Waals surface area (Å²) in [4.78, 5) is 16.6. The first kappa shape index (κ1) is 18.5. The average Bonchev–Trinajstić information content (AvgIpc) is 3.08. The number of nitrogens with zero attached hydrogens (tertiary/aromatic N) is 3. The first-order valence-corrected chi connectivity index (χ1v) is 11.3. The molecule has 0 aromatic carbocycles. The first-order valence-electron chi connectivity index (χ1n) is 9.73. The molecule has 2 saturated heterocycles. The number of amides is 2. The second-order valence-corrected chi connectivity index (χ2v) is 10.7. The molecule has 2 heterocycles. The van der Waals surface area contributed by atoms with Gasteiger partial charge in [0.1, 0.15) is 0 Å². The molecule has 2 aliphatic carbocycles. The summed E-state index contributed by atoms with van der Waals surface area (Å²) in [6.45, 7) is 3.62. The van der Waals surface area contributed by atoms with E-state index in [1.807, 2.05) is 25.9 Å². The molecular formula is C17H31N5O3S. The van der Waals surface area contributed by atoms with Gasteiger partial charge in [-0.1, -0.05) is 0 Å². The molecule has 0 radical (unpaired) electrons. The van der Waals surface area contributed by atoms with Gasteiger partial charge in [-0.25, -0.2) is 22.9 Å². The fraction of sp³-hybridized carbons (Fsp3) is 0.941. The maximum absolute atomic E-state index is 12.8. The summed E-state index contributed by atoms with van der Waals surface area (Å²) in [5, 5.41) is 1.70. The monoisotopic (exact) mass is 385 g/mol. The molecule has 2 N–H and O–H groups in total. The van der Waals surface area contributed by atoms with Crippen molar-refractivity contribution in [2.75, 3.05) is 27.2 Å². The Hall–Kier alpha value is -0.900. The van der Waals surface area contributed by atoms with Gasteiger partial charge >= 0.3 is 6.03 Å². The van der Waals surface area contributed by atoms with Crippen molar-refractivity contribution < 1.29 is 13.2 Å². The third kappa shape index (κ3) is 3.23. The SMILES string of the molecule is CN1NCCC1CN1C(=O)N(C)C2CC(S(=O)(=O)NC3(C)CC3)CCC21. The van der Waals surface area contributed by atoms with E-state index >= 15 is 0 Å². The van der Waals surface area contributed by atoms with Gasteiger partial charge in [-0.15, -0.1) is 0 Å². The van der Waals surface area contributed by atoms with Gasteiger partial charge in [-0.3, -0.25) is 5.43 Å². The molecule has 8 nitrogen and oxygen atoms in total. The van der Waals surface area contributed by atoms with Gasteiger partial charge < -0.3 is 9.80 Å². The smallest absolute Gasteiger partial charge is 0.320 e. The molecule has 2 saturated carbocycles. The summed E-state index contributed by atoms with van der Waals surface area (Å²) >= 11 is 0. The number of rotatable bonds is 5. The van der Waals surface area contributed by atoms with E-state index in [1.54, 1.807) is 4.90 Å². The van der Waals surface area contributed by atoms with Crippen LogP contribution in [0, 0.1) is 0 Å². The number of carbonyl (C=O) groups excluding carboxylic acids is 1. The first-order chi connectivity index (χ1) is 12.2. The molecule has 4 rings (SSSR count). The Morgan fingerprint density at radius 2 is 1.92 bits per heavy atom. The predicted molar refractivity (Wildman–Crippen MR) is 98.9 cm³/mol. The maximum atomic E-state index is 12.8. The van der Waals surface area contributed by atoms with E-state index in [9.17, 15) is 13.2 Å². The molecule has 4 atom stereocenters. The lowest BCUT2D eigenvalue weighted by molar-refractivity contribution is 0.147. The molecular weight excluding hydrogens is 354 g/mol. The van der Waals surface area contributed by atoms with Crippen molar-refractivity contribution in [1.82, 2.24) is 25.0 Å². The van der Waals surface area contributed by atoms with Crippen LogP contribution in [-0.4, -0.2) is 85.4 Å². The van der Waals surface area contributed by atoms with Gasteiger partial charge in [-0.2, -0.15) is 0 Å². The summed E-state index contributed by atoms with van der Waals surface area (Å²) in [7, 11) is 0.510. The molecule has 4 fully saturated rings. The van der Waals surface area contributed by atoms with Gasteiger partial charge in [0.05, 0.1) is 17.3 Å². The molecule has 4 aliphatic rings. The van der Waals surface area contributed by atoms with Crippen molar-refractivity contribution in [1.29, 1.82) is 0 Å². The van der Waals surface area contributed by atoms with Crippen LogP contribution in [0.15, 0.2) is 0 Å². The van der Waals surface area contributed by atoms with Crippen LogP contribution in [0.25, 0.3) is 0 Å². The minimum Gasteiger partial charge on any atom is -0.323 e. The van der Waals surface area contributed by atoms with Crippen molar-refractivity contribution in [3.63, 3.8) is 0 Å². The third-order valence-corrected chi connectivity index (χ3v) is 8.88. The standard InChI is InChI=1S/C17H31N5O3S/c1-17(7-8-17)19-26(24,25)13-4-5-14-15(10-13)20(2)16(23)22(14)11-12-6-9-18-21(12)3/h12-15,18-19H,4-11H2,1-3H3. The Balaban J connectivity index is 1.45. The number of likely N-dealkylation sites (N-methyl/N-ethyl adjacent to an activating group) is 2. The molecule has 0 spiro atoms. The fourth-order valence-corrected chi connectivity index (χ4v) is 6.70. The number of carbonyl (C=O) groups is 1. The highest BCUT2D eigenvalue weighted by molar-refractivity contribution is 7.90. The second kappa shape index (κ2) is 6.32. The minimum atomic E-state index is -3.33. The van der Waals surface area contributed by atoms with Crippen molar-refractivity contribution >= 4 is 16.1 Å². The number of hydrogen-bond donors (Lipinski definition) is 2. The number of hydrogen-bond acceptors (Lipinski definition) is 5. The van der Waals surface area contributed by atoms with Crippen LogP contribution < -0.4 is 10.1 Å². The highest BCUT2D eigenvalue weighted by atomic mass is 32.2. The Morgan fingerprint density at radius 1 is 1.19 bits per heavy atom. The summed E-state index contributed by atoms with van der Waals surface area (Å²) in [5.41, 5.74) is 3.05. The molecule has 2 aliphatic heterocycles. The van der Waals surface area contributed by atoms with Gasteiger partial charge in [0.2, 0.25) is 10.0 Å². The summed E-state index contributed by atoms with van der Waals surface area (Å²) in [6.07, 6.45) is 4.78. The zero-order chi connectivity index (χ0) is 18.7. The zero-order valence-corrected chi connectivity index (χ0v) is 16.8. The summed E-state index contributed by atoms with van der Waals surface area (Å²) in [6, 6.07) is 0.485. The Bertz CT molecular complexity index is 680. The number of hydrazine groups is 1. The van der Waals surface area contributed by atoms with Crippen LogP contribution in [0.2, 0.25) is 0 Å². The van der Waals surface area contributed by atoms with Crippen LogP contribution >= 0.6 is 0 Å². The molecule has 26 heavy (non-hydrogen) atoms. The number of urea groups is 1. The van der Waals surface area contributed by atoms with E-state index in [1.165, 1.54) is 0 Å². The van der Waals surface area contributed by atoms with E-state index in [0.29, 0.717) is 25.4 Å². The van der Waals surface area contributed by atoms with Crippen LogP contribution in [0.4, 0.5) is 4.79 Å². The zero-order valence-electron chi connectivity index (χ0n) is 15.9. The molecule has 2 amide bonds. The molecule has 0 bridgehead atoms. The van der Waals surface area contributed by atoms with E-state index in [0.717, 1.165) is 32.2 Å². The van der Waals surface area contributed by atoms with E-state index < -0.39 is 15.3 Å². The van der Waals surface area contributed by atoms with Gasteiger partial charge in [0.25, 0.3) is 0 Å². The highest BCUT2D eigenvalue weighted by Gasteiger charge is 2.51. The third-order valence-electron chi connectivity index (χ3n) is 6.80. The largest absolute Gasteiger partial charge is 0.323 e. The molecule has 4 unspecified atom stereocenters. The topological polar surface area (TPSA) is 85.0 Å². The lowest BCUT2D eigenvalue weighted by Gasteiger charge is -2.36. The molecule has 148 valence electrons. The minimum absolute atomic E-state index is 0.00972. The van der Waals surface area contributed by atoms with Gasteiger partial charge in [-0.05, 0) is 45.4 Å². The fourth-order valence-electron chi connectivity index (χ4n) is 4.74. The van der Waals surface area contributed by atoms with Crippen molar-refractivity contribution in [2.45, 2.75) is 74.4 Å². The van der Waals surface area contributed by atoms with Crippen LogP contribution in [0.5, 0.6) is 0 Å². The van der Waals surface area contributed by atoms with Crippen LogP contribution in [-0.2, 0) is 10.0 Å². The summed E-state index contributed by atoms with van der Waals surface area (Å²) < 4.78 is 28.5. The van der Waals surface area contributed by atoms with Gasteiger partial charge in [0.15, 0.2) is 0 Å². The lowest BCUT2D eigenvalue weighted by atomic mass is 9.89. The van der Waals surface area contributed by atoms with Crippen molar-refractivity contribution in [3.05, 3.63) is 0 Å². The highest BCUT2D eigenvalue weighted by Crippen LogP contribution is 2.39. The molecule has 0 aromatic rings. The predicted octanol–water partition coefficient (Wildman–Crippen LogP) is 0.324. The van der Waals surface area contributed by atoms with Gasteiger partial charge in [0, 0.05) is 38.8 Å². The van der Waals surface area contributed by atoms with E-state index in [-0.39, 0.29) is 23.7 Å². The number of sulfonamides is 1. The van der Waals surface area contributed by atoms with E-state index in [4.69, 9.17) is 0 Å². The Kier molecular flexibility index (Phi) is 4.49. The quantitative estimate of drug-likeness (QED) is 0.712. The van der Waals surface area contributed by atoms with Crippen LogP contribution in [0.3, 0.4) is 0 Å². The molecule has 0 aromatic heterocycles. The second-order valence-electron chi connectivity index (χ2n) is 8.78.